The molecule has 0 amide bonds. The van der Waals surface area contributed by atoms with Gasteiger partial charge in [-0.3, -0.25) is 4.99 Å². The summed E-state index contributed by atoms with van der Waals surface area (Å²) in [5, 5.41) is 11.6. The second-order valence-electron chi connectivity index (χ2n) is 20.3. The van der Waals surface area contributed by atoms with E-state index in [1.54, 1.807) is 5.57 Å². The van der Waals surface area contributed by atoms with Crippen LogP contribution in [0.15, 0.2) is 52.6 Å². The smallest absolute Gasteiger partial charge is 0.193 e. The maximum atomic E-state index is 11.3. The highest BCUT2D eigenvalue weighted by molar-refractivity contribution is 6.74. The summed E-state index contributed by atoms with van der Waals surface area (Å²) in [6, 6.07) is 0. The second kappa shape index (κ2) is 14.2. The molecular weight excluding hydrogens is 651 g/mol. The van der Waals surface area contributed by atoms with Crippen LogP contribution in [0.25, 0.3) is 0 Å². The van der Waals surface area contributed by atoms with Gasteiger partial charge < -0.3 is 18.7 Å². The molecule has 282 valence electrons. The van der Waals surface area contributed by atoms with Crippen molar-refractivity contribution in [1.82, 2.24) is 0 Å². The minimum Gasteiger partial charge on any atom is -0.476 e. The van der Waals surface area contributed by atoms with Crippen molar-refractivity contribution in [2.24, 2.45) is 33.6 Å². The van der Waals surface area contributed by atoms with Crippen LogP contribution in [0.3, 0.4) is 0 Å². The van der Waals surface area contributed by atoms with Gasteiger partial charge in [0.15, 0.2) is 22.5 Å². The predicted octanol–water partition coefficient (Wildman–Crippen LogP) is 11.3. The van der Waals surface area contributed by atoms with E-state index >= 15 is 0 Å². The number of fused-ring (bicyclic) bond motifs is 1. The fourth-order valence-corrected chi connectivity index (χ4v) is 11.7. The summed E-state index contributed by atoms with van der Waals surface area (Å²) in [4.78, 5) is 4.64. The molecule has 50 heavy (non-hydrogen) atoms. The number of aliphatic hydroxyl groups excluding tert-OH is 1. The number of allylic oxidation sites excluding steroid dienone is 4. The molecule has 4 aliphatic carbocycles. The van der Waals surface area contributed by atoms with Crippen molar-refractivity contribution >= 4 is 22.5 Å². The van der Waals surface area contributed by atoms with Crippen LogP contribution < -0.4 is 0 Å². The molecule has 1 unspecified atom stereocenters. The Morgan fingerprint density at radius 1 is 0.960 bits per heavy atom. The Morgan fingerprint density at radius 3 is 2.18 bits per heavy atom. The predicted molar refractivity (Wildman–Crippen MR) is 216 cm³/mol. The first-order valence-corrected chi connectivity index (χ1v) is 25.8. The Morgan fingerprint density at radius 2 is 1.60 bits per heavy atom. The molecule has 5 rings (SSSR count). The summed E-state index contributed by atoms with van der Waals surface area (Å²) >= 11 is 0. The molecule has 8 atom stereocenters. The summed E-state index contributed by atoms with van der Waals surface area (Å²) < 4.78 is 20.2. The molecular formula is C43H73NO4Si2. The van der Waals surface area contributed by atoms with Crippen LogP contribution in [0.5, 0.6) is 0 Å². The minimum atomic E-state index is -2.00. The highest BCUT2D eigenvalue weighted by Crippen LogP contribution is 2.60. The molecule has 4 saturated carbocycles. The lowest BCUT2D eigenvalue weighted by atomic mass is 9.61. The fourth-order valence-electron chi connectivity index (χ4n) is 9.03. The molecule has 0 aromatic carbocycles. The van der Waals surface area contributed by atoms with Gasteiger partial charge in [-0.2, -0.15) is 0 Å². The summed E-state index contributed by atoms with van der Waals surface area (Å²) in [6.45, 7) is 35.9. The number of rotatable bonds is 10. The molecule has 5 aliphatic rings. The maximum Gasteiger partial charge on any atom is 0.193 e. The number of ether oxygens (including phenoxy) is 1. The van der Waals surface area contributed by atoms with Gasteiger partial charge in [0, 0.05) is 6.42 Å². The fraction of sp³-hybridized carbons (Fsp3) is 0.791. The van der Waals surface area contributed by atoms with Crippen molar-refractivity contribution < 1.29 is 18.7 Å². The monoisotopic (exact) mass is 724 g/mol. The van der Waals surface area contributed by atoms with Gasteiger partial charge in [0.2, 0.25) is 0 Å². The van der Waals surface area contributed by atoms with E-state index in [0.717, 1.165) is 31.6 Å². The van der Waals surface area contributed by atoms with E-state index in [-0.39, 0.29) is 39.2 Å². The summed E-state index contributed by atoms with van der Waals surface area (Å²) in [7, 11) is -3.95. The number of nitrogens with zero attached hydrogens (tertiary/aromatic N) is 1. The SMILES string of the molecule is C=C1C(=CC=C2CCC[C@]3(C)[C@@H]([C@H](C)C=C[C@H](O)C4(C5=NCC(C)O5)CC4)CC[C@@H]23)C[C@@H](O[Si](C)(C)C(C)(C)C)C[C@@H]1O[Si](C)(C)C(C)(C)C. The van der Waals surface area contributed by atoms with Crippen LogP contribution >= 0.6 is 0 Å². The third kappa shape index (κ3) is 7.98. The van der Waals surface area contributed by atoms with E-state index in [2.05, 4.69) is 118 Å². The molecule has 0 spiro atoms. The largest absolute Gasteiger partial charge is 0.476 e. The van der Waals surface area contributed by atoms with Gasteiger partial charge in [0.1, 0.15) is 6.10 Å². The first-order valence-electron chi connectivity index (χ1n) is 20.0. The van der Waals surface area contributed by atoms with Gasteiger partial charge in [-0.1, -0.05) is 91.8 Å². The molecule has 0 radical (unpaired) electrons. The number of aliphatic hydroxyl groups is 1. The lowest BCUT2D eigenvalue weighted by Gasteiger charge is -2.45. The van der Waals surface area contributed by atoms with Crippen LogP contribution in [-0.2, 0) is 13.6 Å². The van der Waals surface area contributed by atoms with Crippen LogP contribution in [0.1, 0.15) is 120 Å². The average Bonchev–Trinajstić information content (AvgIpc) is 3.56. The Balaban J connectivity index is 1.34. The standard InChI is InChI=1S/C43H73NO4Si2/c1-29(17-22-38(45)43(24-25-43)39-44-28-30(2)46-39)35-20-21-36-32(16-15-23-42(35,36)10)18-19-33-26-34(47-49(11,12)40(4,5)6)27-37(31(33)3)48-50(13,14)41(7,8)9/h17-19,22,29-30,34-38,45H,3,15-16,20-21,23-28H2,1-2,4-14H3/t29-,30?,34-,35-,36+,37+,38+,42-/m1/s1. The maximum absolute atomic E-state index is 11.3. The van der Waals surface area contributed by atoms with Crippen molar-refractivity contribution in [3.63, 3.8) is 0 Å². The average molecular weight is 724 g/mol. The van der Waals surface area contributed by atoms with Crippen LogP contribution in [0.4, 0.5) is 0 Å². The molecule has 0 bridgehead atoms. The van der Waals surface area contributed by atoms with Crippen LogP contribution in [0.2, 0.25) is 36.3 Å². The summed E-state index contributed by atoms with van der Waals surface area (Å²) in [5.74, 6) is 2.41. The first-order chi connectivity index (χ1) is 23.0. The van der Waals surface area contributed by atoms with Gasteiger partial charge >= 0.3 is 0 Å². The number of aliphatic imine (C=N–C) groups is 1. The molecule has 7 heteroatoms. The summed E-state index contributed by atoms with van der Waals surface area (Å²) in [6.07, 6.45) is 19.0. The highest BCUT2D eigenvalue weighted by atomic mass is 28.4. The molecule has 1 aliphatic heterocycles. The van der Waals surface area contributed by atoms with Gasteiger partial charge in [0.05, 0.1) is 30.3 Å². The molecule has 0 saturated heterocycles. The molecule has 4 fully saturated rings. The van der Waals surface area contributed by atoms with Crippen molar-refractivity contribution in [2.45, 2.75) is 181 Å². The Labute approximate surface area is 308 Å². The number of hydrogen-bond donors (Lipinski definition) is 1. The normalized spacial score (nSPS) is 35.0. The van der Waals surface area contributed by atoms with E-state index < -0.39 is 22.7 Å². The molecule has 0 aromatic heterocycles. The first kappa shape index (κ1) is 39.9. The van der Waals surface area contributed by atoms with Crippen molar-refractivity contribution in [3.8, 4) is 0 Å². The third-order valence-corrected chi connectivity index (χ3v) is 23.6. The Hall–Kier alpha value is -1.26. The van der Waals surface area contributed by atoms with Crippen molar-refractivity contribution in [1.29, 1.82) is 0 Å². The quantitative estimate of drug-likeness (QED) is 0.180. The van der Waals surface area contributed by atoms with Gasteiger partial charge in [-0.25, -0.2) is 0 Å². The number of hydrogen-bond acceptors (Lipinski definition) is 5. The van der Waals surface area contributed by atoms with Gasteiger partial charge in [-0.15, -0.1) is 0 Å². The second-order valence-corrected chi connectivity index (χ2v) is 29.8. The molecule has 1 N–H and O–H groups in total. The zero-order chi connectivity index (χ0) is 37.1. The van der Waals surface area contributed by atoms with Crippen molar-refractivity contribution in [3.05, 3.63) is 47.6 Å². The Bertz CT molecular complexity index is 1390. The minimum absolute atomic E-state index is 0.00464. The van der Waals surface area contributed by atoms with Gasteiger partial charge in [-0.05, 0) is 129 Å². The Kier molecular flexibility index (Phi) is 11.3. The van der Waals surface area contributed by atoms with Crippen LogP contribution in [0, 0.1) is 28.6 Å². The van der Waals surface area contributed by atoms with Crippen LogP contribution in [-0.4, -0.2) is 58.6 Å². The zero-order valence-electron chi connectivity index (χ0n) is 34.2. The summed E-state index contributed by atoms with van der Waals surface area (Å²) in [5.41, 5.74) is 4.09. The topological polar surface area (TPSA) is 60.3 Å². The lowest BCUT2D eigenvalue weighted by molar-refractivity contribution is 0.0969. The van der Waals surface area contributed by atoms with E-state index in [0.29, 0.717) is 24.3 Å². The van der Waals surface area contributed by atoms with Gasteiger partial charge in [0.25, 0.3) is 0 Å². The van der Waals surface area contributed by atoms with E-state index in [4.69, 9.17) is 20.2 Å². The molecule has 1 heterocycles. The van der Waals surface area contributed by atoms with E-state index in [1.807, 2.05) is 0 Å². The molecule has 0 aromatic rings. The lowest BCUT2D eigenvalue weighted by Crippen LogP contribution is -2.49. The third-order valence-electron chi connectivity index (χ3n) is 14.6. The van der Waals surface area contributed by atoms with E-state index in [9.17, 15) is 5.11 Å². The van der Waals surface area contributed by atoms with Crippen molar-refractivity contribution in [2.75, 3.05) is 6.54 Å². The highest BCUT2D eigenvalue weighted by Gasteiger charge is 2.56. The van der Waals surface area contributed by atoms with E-state index in [1.165, 1.54) is 43.3 Å². The zero-order valence-corrected chi connectivity index (χ0v) is 36.2. The molecule has 5 nitrogen and oxygen atoms in total.